The van der Waals surface area contributed by atoms with Gasteiger partial charge in [0.25, 0.3) is 0 Å². The Bertz CT molecular complexity index is 312. The van der Waals surface area contributed by atoms with Crippen LogP contribution in [-0.4, -0.2) is 25.9 Å². The van der Waals surface area contributed by atoms with E-state index in [0.717, 1.165) is 17.7 Å². The van der Waals surface area contributed by atoms with E-state index < -0.39 is 5.60 Å². The van der Waals surface area contributed by atoms with Crippen LogP contribution in [-0.2, 0) is 12.6 Å². The van der Waals surface area contributed by atoms with Crippen molar-refractivity contribution < 1.29 is 5.11 Å². The van der Waals surface area contributed by atoms with E-state index in [4.69, 9.17) is 0 Å². The highest BCUT2D eigenvalue weighted by atomic mass is 32.2. The fourth-order valence-electron chi connectivity index (χ4n) is 1.74. The highest BCUT2D eigenvalue weighted by Gasteiger charge is 2.38. The summed E-state index contributed by atoms with van der Waals surface area (Å²) in [6.07, 6.45) is 4.50. The highest BCUT2D eigenvalue weighted by Crippen LogP contribution is 2.40. The molecule has 4 heteroatoms. The minimum absolute atomic E-state index is 0.546. The summed E-state index contributed by atoms with van der Waals surface area (Å²) in [7, 11) is 1.87. The molecular weight excluding hydrogens is 184 g/mol. The van der Waals surface area contributed by atoms with E-state index in [9.17, 15) is 5.11 Å². The van der Waals surface area contributed by atoms with Crippen molar-refractivity contribution in [2.24, 2.45) is 7.05 Å². The molecule has 0 bridgehead atoms. The molecule has 1 aromatic rings. The molecule has 0 amide bonds. The van der Waals surface area contributed by atoms with E-state index in [1.807, 2.05) is 25.0 Å². The van der Waals surface area contributed by atoms with Crippen molar-refractivity contribution in [3.63, 3.8) is 0 Å². The zero-order valence-electron chi connectivity index (χ0n) is 7.90. The van der Waals surface area contributed by atoms with Gasteiger partial charge in [0.1, 0.15) is 5.60 Å². The molecule has 1 fully saturated rings. The second-order valence-corrected chi connectivity index (χ2v) is 5.19. The fourth-order valence-corrected chi connectivity index (χ4v) is 2.97. The molecule has 1 saturated heterocycles. The molecular formula is C9H14N2OS. The first-order valence-electron chi connectivity index (χ1n) is 4.43. The topological polar surface area (TPSA) is 38.1 Å². The monoisotopic (exact) mass is 198 g/mol. The number of aliphatic hydroxyl groups is 1. The predicted molar refractivity (Wildman–Crippen MR) is 53.6 cm³/mol. The largest absolute Gasteiger partial charge is 0.384 e. The van der Waals surface area contributed by atoms with E-state index in [0.29, 0.717) is 5.25 Å². The lowest BCUT2D eigenvalue weighted by atomic mass is 9.94. The van der Waals surface area contributed by atoms with Gasteiger partial charge in [0.15, 0.2) is 0 Å². The fraction of sp³-hybridized carbons (Fsp3) is 0.667. The quantitative estimate of drug-likeness (QED) is 0.735. The van der Waals surface area contributed by atoms with Gasteiger partial charge in [0.2, 0.25) is 0 Å². The molecule has 1 aliphatic rings. The number of aromatic nitrogens is 2. The number of aryl methyl sites for hydroxylation is 1. The summed E-state index contributed by atoms with van der Waals surface area (Å²) < 4.78 is 1.74. The van der Waals surface area contributed by atoms with Crippen molar-refractivity contribution in [3.8, 4) is 0 Å². The molecule has 0 aliphatic carbocycles. The third-order valence-electron chi connectivity index (χ3n) is 2.47. The Hall–Kier alpha value is -0.480. The smallest absolute Gasteiger partial charge is 0.103 e. The number of hydrogen-bond donors (Lipinski definition) is 1. The Kier molecular flexibility index (Phi) is 2.12. The van der Waals surface area contributed by atoms with Gasteiger partial charge in [-0.1, -0.05) is 6.92 Å². The lowest BCUT2D eigenvalue weighted by Crippen LogP contribution is -2.24. The molecule has 2 rings (SSSR count). The third-order valence-corrected chi connectivity index (χ3v) is 3.85. The maximum Gasteiger partial charge on any atom is 0.103 e. The minimum Gasteiger partial charge on any atom is -0.384 e. The summed E-state index contributed by atoms with van der Waals surface area (Å²) in [6.45, 7) is 2.15. The molecule has 0 saturated carbocycles. The maximum absolute atomic E-state index is 10.3. The van der Waals surface area contributed by atoms with Gasteiger partial charge in [0.05, 0.1) is 6.20 Å². The number of thioether (sulfide) groups is 1. The van der Waals surface area contributed by atoms with Gasteiger partial charge in [-0.25, -0.2) is 0 Å². The van der Waals surface area contributed by atoms with Gasteiger partial charge < -0.3 is 5.11 Å². The first kappa shape index (κ1) is 9.09. The van der Waals surface area contributed by atoms with E-state index >= 15 is 0 Å². The van der Waals surface area contributed by atoms with Crippen LogP contribution in [0.1, 0.15) is 18.9 Å². The average Bonchev–Trinajstić information content (AvgIpc) is 2.60. The standard InChI is InChI=1S/C9H14N2OS/c1-7-3-9(12,6-13-7)8-4-10-11(2)5-8/h4-5,7,12H,3,6H2,1-2H3. The SMILES string of the molecule is CC1CC(O)(c2cnn(C)c2)CS1. The van der Waals surface area contributed by atoms with Crippen LogP contribution in [0.5, 0.6) is 0 Å². The van der Waals surface area contributed by atoms with Crippen LogP contribution < -0.4 is 0 Å². The normalized spacial score (nSPS) is 33.9. The van der Waals surface area contributed by atoms with Gasteiger partial charge in [-0.2, -0.15) is 16.9 Å². The first-order valence-corrected chi connectivity index (χ1v) is 5.48. The van der Waals surface area contributed by atoms with Crippen molar-refractivity contribution in [1.82, 2.24) is 9.78 Å². The van der Waals surface area contributed by atoms with E-state index in [2.05, 4.69) is 12.0 Å². The van der Waals surface area contributed by atoms with Gasteiger partial charge in [-0.3, -0.25) is 4.68 Å². The second-order valence-electron chi connectivity index (χ2n) is 3.76. The van der Waals surface area contributed by atoms with Gasteiger partial charge in [0, 0.05) is 29.8 Å². The summed E-state index contributed by atoms with van der Waals surface area (Å²) in [6, 6.07) is 0. The third kappa shape index (κ3) is 1.60. The molecule has 0 spiro atoms. The predicted octanol–water partition coefficient (Wildman–Crippen LogP) is 1.13. The molecule has 72 valence electrons. The van der Waals surface area contributed by atoms with E-state index in [-0.39, 0.29) is 0 Å². The zero-order chi connectivity index (χ0) is 9.47. The van der Waals surface area contributed by atoms with Crippen molar-refractivity contribution in [2.45, 2.75) is 24.2 Å². The summed E-state index contributed by atoms with van der Waals surface area (Å²) >= 11 is 1.82. The first-order chi connectivity index (χ1) is 6.10. The van der Waals surface area contributed by atoms with Crippen LogP contribution in [0.4, 0.5) is 0 Å². The van der Waals surface area contributed by atoms with E-state index in [1.165, 1.54) is 0 Å². The Morgan fingerprint density at radius 3 is 3.00 bits per heavy atom. The summed E-state index contributed by atoms with van der Waals surface area (Å²) in [5.74, 6) is 0.792. The van der Waals surface area contributed by atoms with Gasteiger partial charge in [-0.05, 0) is 6.42 Å². The summed E-state index contributed by atoms with van der Waals surface area (Å²) in [5, 5.41) is 14.9. The highest BCUT2D eigenvalue weighted by molar-refractivity contribution is 8.00. The Balaban J connectivity index is 2.25. The van der Waals surface area contributed by atoms with Gasteiger partial charge >= 0.3 is 0 Å². The maximum atomic E-state index is 10.3. The van der Waals surface area contributed by atoms with Crippen molar-refractivity contribution in [3.05, 3.63) is 18.0 Å². The molecule has 1 N–H and O–H groups in total. The summed E-state index contributed by atoms with van der Waals surface area (Å²) in [4.78, 5) is 0. The number of nitrogens with zero attached hydrogens (tertiary/aromatic N) is 2. The number of rotatable bonds is 1. The Morgan fingerprint density at radius 1 is 1.77 bits per heavy atom. The molecule has 1 aliphatic heterocycles. The average molecular weight is 198 g/mol. The summed E-state index contributed by atoms with van der Waals surface area (Å²) in [5.41, 5.74) is 0.310. The van der Waals surface area contributed by atoms with Gasteiger partial charge in [-0.15, -0.1) is 0 Å². The molecule has 0 radical (unpaired) electrons. The van der Waals surface area contributed by atoms with Crippen molar-refractivity contribution in [1.29, 1.82) is 0 Å². The lowest BCUT2D eigenvalue weighted by Gasteiger charge is -2.19. The molecule has 2 atom stereocenters. The molecule has 13 heavy (non-hydrogen) atoms. The van der Waals surface area contributed by atoms with Crippen LogP contribution in [0.3, 0.4) is 0 Å². The van der Waals surface area contributed by atoms with Crippen LogP contribution >= 0.6 is 11.8 Å². The van der Waals surface area contributed by atoms with Crippen molar-refractivity contribution in [2.75, 3.05) is 5.75 Å². The number of hydrogen-bond acceptors (Lipinski definition) is 3. The Labute approximate surface area is 82.1 Å². The Morgan fingerprint density at radius 2 is 2.54 bits per heavy atom. The molecule has 3 nitrogen and oxygen atoms in total. The van der Waals surface area contributed by atoms with Crippen LogP contribution in [0.2, 0.25) is 0 Å². The van der Waals surface area contributed by atoms with E-state index in [1.54, 1.807) is 10.9 Å². The second kappa shape index (κ2) is 3.03. The lowest BCUT2D eigenvalue weighted by molar-refractivity contribution is 0.0611. The van der Waals surface area contributed by atoms with Crippen LogP contribution in [0.15, 0.2) is 12.4 Å². The van der Waals surface area contributed by atoms with Crippen LogP contribution in [0.25, 0.3) is 0 Å². The van der Waals surface area contributed by atoms with Crippen LogP contribution in [0, 0.1) is 0 Å². The molecule has 0 aromatic carbocycles. The molecule has 1 aromatic heterocycles. The minimum atomic E-state index is -0.641. The van der Waals surface area contributed by atoms with Crippen molar-refractivity contribution >= 4 is 11.8 Å². The molecule has 2 heterocycles. The molecule has 2 unspecified atom stereocenters. The zero-order valence-corrected chi connectivity index (χ0v) is 8.71.